The molecule has 0 unspecified atom stereocenters. The molecule has 126 valence electrons. The maximum atomic E-state index is 12.8. The quantitative estimate of drug-likeness (QED) is 0.835. The normalized spacial score (nSPS) is 23.9. The van der Waals surface area contributed by atoms with Crippen LogP contribution in [0.25, 0.3) is 0 Å². The van der Waals surface area contributed by atoms with E-state index in [1.807, 2.05) is 24.3 Å². The lowest BCUT2D eigenvalue weighted by Crippen LogP contribution is -2.37. The van der Waals surface area contributed by atoms with E-state index in [4.69, 9.17) is 0 Å². The van der Waals surface area contributed by atoms with Gasteiger partial charge < -0.3 is 4.90 Å². The van der Waals surface area contributed by atoms with E-state index >= 15 is 0 Å². The second-order valence-electron chi connectivity index (χ2n) is 7.01. The summed E-state index contributed by atoms with van der Waals surface area (Å²) in [5.41, 5.74) is 0.731. The zero-order chi connectivity index (χ0) is 16.2. The Bertz CT molecular complexity index is 563. The first-order chi connectivity index (χ1) is 11.1. The van der Waals surface area contributed by atoms with Crippen LogP contribution in [0.2, 0.25) is 0 Å². The summed E-state index contributed by atoms with van der Waals surface area (Å²) < 4.78 is 11.5. The van der Waals surface area contributed by atoms with Crippen molar-refractivity contribution in [3.8, 4) is 0 Å². The summed E-state index contributed by atoms with van der Waals surface area (Å²) in [6, 6.07) is 7.71. The SMILES string of the molecule is C[S@](=O)c1ccc(C(=O)N2CCC[C@@H]2CC2CCCCC2)cc1. The van der Waals surface area contributed by atoms with Crippen molar-refractivity contribution in [1.82, 2.24) is 4.90 Å². The maximum Gasteiger partial charge on any atom is 0.254 e. The minimum atomic E-state index is -0.989. The van der Waals surface area contributed by atoms with Crippen molar-refractivity contribution in [3.05, 3.63) is 29.8 Å². The molecule has 3 nitrogen and oxygen atoms in total. The van der Waals surface area contributed by atoms with E-state index < -0.39 is 10.8 Å². The number of rotatable bonds is 4. The van der Waals surface area contributed by atoms with E-state index in [0.717, 1.165) is 35.8 Å². The van der Waals surface area contributed by atoms with Crippen molar-refractivity contribution < 1.29 is 9.00 Å². The molecule has 1 aromatic rings. The largest absolute Gasteiger partial charge is 0.336 e. The number of likely N-dealkylation sites (tertiary alicyclic amines) is 1. The van der Waals surface area contributed by atoms with E-state index in [2.05, 4.69) is 4.90 Å². The highest BCUT2D eigenvalue weighted by Gasteiger charge is 2.31. The predicted octanol–water partition coefficient (Wildman–Crippen LogP) is 4.00. The lowest BCUT2D eigenvalue weighted by Gasteiger charge is -2.30. The zero-order valence-electron chi connectivity index (χ0n) is 14.0. The minimum absolute atomic E-state index is 0.150. The fraction of sp³-hybridized carbons (Fsp3) is 0.632. The van der Waals surface area contributed by atoms with Crippen LogP contribution in [-0.2, 0) is 10.8 Å². The second-order valence-corrected chi connectivity index (χ2v) is 8.39. The van der Waals surface area contributed by atoms with Crippen LogP contribution in [0.3, 0.4) is 0 Å². The van der Waals surface area contributed by atoms with Gasteiger partial charge in [-0.25, -0.2) is 0 Å². The standard InChI is InChI=1S/C19H27NO2S/c1-23(22)18-11-9-16(10-12-18)19(21)20-13-5-8-17(20)14-15-6-3-2-4-7-15/h9-12,15,17H,2-8,13-14H2,1H3/t17-,23+/m1/s1. The van der Waals surface area contributed by atoms with Gasteiger partial charge in [0.15, 0.2) is 0 Å². The number of carbonyl (C=O) groups excluding carboxylic acids is 1. The molecule has 0 spiro atoms. The molecule has 2 aliphatic rings. The predicted molar refractivity (Wildman–Crippen MR) is 94.0 cm³/mol. The molecule has 1 aliphatic carbocycles. The summed E-state index contributed by atoms with van der Waals surface area (Å²) in [5, 5.41) is 0. The van der Waals surface area contributed by atoms with Crippen LogP contribution >= 0.6 is 0 Å². The molecule has 0 aromatic heterocycles. The monoisotopic (exact) mass is 333 g/mol. The molecule has 1 aliphatic heterocycles. The van der Waals surface area contributed by atoms with Gasteiger partial charge in [-0.1, -0.05) is 32.1 Å². The highest BCUT2D eigenvalue weighted by atomic mass is 32.2. The molecule has 1 saturated carbocycles. The van der Waals surface area contributed by atoms with E-state index in [9.17, 15) is 9.00 Å². The van der Waals surface area contributed by atoms with Gasteiger partial charge in [0.25, 0.3) is 5.91 Å². The third-order valence-electron chi connectivity index (χ3n) is 5.40. The third-order valence-corrected chi connectivity index (χ3v) is 6.34. The number of carbonyl (C=O) groups is 1. The molecule has 1 aromatic carbocycles. The van der Waals surface area contributed by atoms with Gasteiger partial charge in [-0.05, 0) is 49.4 Å². The Hall–Kier alpha value is -1.16. The molecule has 1 amide bonds. The Labute approximate surface area is 141 Å². The summed E-state index contributed by atoms with van der Waals surface area (Å²) in [6.07, 6.45) is 11.9. The smallest absolute Gasteiger partial charge is 0.254 e. The van der Waals surface area contributed by atoms with Crippen molar-refractivity contribution in [2.45, 2.75) is 62.3 Å². The molecular formula is C19H27NO2S. The minimum Gasteiger partial charge on any atom is -0.336 e. The first kappa shape index (κ1) is 16.7. The molecule has 4 heteroatoms. The summed E-state index contributed by atoms with van der Waals surface area (Å²) in [5.74, 6) is 0.962. The average Bonchev–Trinajstić information content (AvgIpc) is 3.03. The van der Waals surface area contributed by atoms with Gasteiger partial charge in [-0.3, -0.25) is 9.00 Å². The van der Waals surface area contributed by atoms with Crippen molar-refractivity contribution in [2.24, 2.45) is 5.92 Å². The van der Waals surface area contributed by atoms with Crippen molar-refractivity contribution in [2.75, 3.05) is 12.8 Å². The number of hydrogen-bond acceptors (Lipinski definition) is 2. The Balaban J connectivity index is 1.66. The zero-order valence-corrected chi connectivity index (χ0v) is 14.8. The topological polar surface area (TPSA) is 37.4 Å². The number of hydrogen-bond donors (Lipinski definition) is 0. The molecule has 0 radical (unpaired) electrons. The summed E-state index contributed by atoms with van der Waals surface area (Å²) in [4.78, 5) is 15.7. The molecule has 1 heterocycles. The van der Waals surface area contributed by atoms with E-state index in [0.29, 0.717) is 6.04 Å². The van der Waals surface area contributed by atoms with Crippen LogP contribution in [0.15, 0.2) is 29.2 Å². The van der Waals surface area contributed by atoms with Gasteiger partial charge in [0, 0.05) is 40.1 Å². The van der Waals surface area contributed by atoms with E-state index in [1.165, 1.54) is 38.5 Å². The Kier molecular flexibility index (Phi) is 5.52. The first-order valence-corrected chi connectivity index (χ1v) is 10.5. The Morgan fingerprint density at radius 2 is 1.78 bits per heavy atom. The maximum absolute atomic E-state index is 12.8. The molecular weight excluding hydrogens is 306 g/mol. The molecule has 23 heavy (non-hydrogen) atoms. The van der Waals surface area contributed by atoms with E-state index in [-0.39, 0.29) is 5.91 Å². The number of nitrogens with zero attached hydrogens (tertiary/aromatic N) is 1. The van der Waals surface area contributed by atoms with Crippen LogP contribution in [0.4, 0.5) is 0 Å². The summed E-state index contributed by atoms with van der Waals surface area (Å²) >= 11 is 0. The van der Waals surface area contributed by atoms with Gasteiger partial charge in [0.05, 0.1) is 0 Å². The lowest BCUT2D eigenvalue weighted by molar-refractivity contribution is 0.0711. The lowest BCUT2D eigenvalue weighted by atomic mass is 9.84. The van der Waals surface area contributed by atoms with Gasteiger partial charge in [-0.15, -0.1) is 0 Å². The van der Waals surface area contributed by atoms with Crippen LogP contribution in [0, 0.1) is 5.92 Å². The van der Waals surface area contributed by atoms with Crippen LogP contribution in [-0.4, -0.2) is 33.9 Å². The first-order valence-electron chi connectivity index (χ1n) is 8.89. The summed E-state index contributed by atoms with van der Waals surface area (Å²) in [6.45, 7) is 0.887. The fourth-order valence-electron chi connectivity index (χ4n) is 4.11. The fourth-order valence-corrected chi connectivity index (χ4v) is 4.63. The van der Waals surface area contributed by atoms with Gasteiger partial charge >= 0.3 is 0 Å². The molecule has 2 fully saturated rings. The third kappa shape index (κ3) is 4.03. The molecule has 0 N–H and O–H groups in total. The molecule has 2 atom stereocenters. The van der Waals surface area contributed by atoms with Crippen molar-refractivity contribution in [1.29, 1.82) is 0 Å². The highest BCUT2D eigenvalue weighted by Crippen LogP contribution is 2.32. The average molecular weight is 333 g/mol. The molecule has 0 bridgehead atoms. The highest BCUT2D eigenvalue weighted by molar-refractivity contribution is 7.84. The second kappa shape index (κ2) is 7.61. The Morgan fingerprint density at radius 1 is 1.09 bits per heavy atom. The molecule has 1 saturated heterocycles. The van der Waals surface area contributed by atoms with Crippen molar-refractivity contribution in [3.63, 3.8) is 0 Å². The van der Waals surface area contributed by atoms with Gasteiger partial charge in [-0.2, -0.15) is 0 Å². The van der Waals surface area contributed by atoms with Crippen LogP contribution < -0.4 is 0 Å². The summed E-state index contributed by atoms with van der Waals surface area (Å²) in [7, 11) is -0.989. The van der Waals surface area contributed by atoms with E-state index in [1.54, 1.807) is 6.26 Å². The van der Waals surface area contributed by atoms with Crippen LogP contribution in [0.1, 0.15) is 61.7 Å². The number of amides is 1. The van der Waals surface area contributed by atoms with Gasteiger partial charge in [0.2, 0.25) is 0 Å². The van der Waals surface area contributed by atoms with Crippen LogP contribution in [0.5, 0.6) is 0 Å². The van der Waals surface area contributed by atoms with Crippen molar-refractivity contribution >= 4 is 16.7 Å². The molecule has 3 rings (SSSR count). The van der Waals surface area contributed by atoms with Gasteiger partial charge in [0.1, 0.15) is 0 Å². The number of benzene rings is 1. The Morgan fingerprint density at radius 3 is 2.43 bits per heavy atom.